The molecule has 33 heavy (non-hydrogen) atoms. The number of hydrogen-bond acceptors (Lipinski definition) is 3. The van der Waals surface area contributed by atoms with Gasteiger partial charge in [0.2, 0.25) is 0 Å². The highest BCUT2D eigenvalue weighted by atomic mass is 16.4. The molecule has 0 aliphatic carbocycles. The van der Waals surface area contributed by atoms with Crippen molar-refractivity contribution in [3.05, 3.63) is 108 Å². The monoisotopic (exact) mass is 437 g/mol. The molecule has 4 nitrogen and oxygen atoms in total. The lowest BCUT2D eigenvalue weighted by Gasteiger charge is -2.25. The molecule has 0 aromatic heterocycles. The number of aliphatic hydroxyl groups excluding tert-OH is 1. The molecular formula is C29H27NO3. The number of rotatable bonds is 9. The van der Waals surface area contributed by atoms with Crippen LogP contribution >= 0.6 is 0 Å². The van der Waals surface area contributed by atoms with Crippen LogP contribution in [-0.4, -0.2) is 46.8 Å². The molecule has 0 saturated carbocycles. The van der Waals surface area contributed by atoms with Gasteiger partial charge >= 0.3 is 5.97 Å². The van der Waals surface area contributed by atoms with E-state index in [-0.39, 0.29) is 0 Å². The fourth-order valence-electron chi connectivity index (χ4n) is 4.10. The molecule has 0 heterocycles. The van der Waals surface area contributed by atoms with E-state index in [1.54, 1.807) is 4.90 Å². The van der Waals surface area contributed by atoms with Crippen molar-refractivity contribution in [3.8, 4) is 0 Å². The zero-order valence-electron chi connectivity index (χ0n) is 18.3. The molecule has 166 valence electrons. The van der Waals surface area contributed by atoms with Crippen molar-refractivity contribution in [1.29, 1.82) is 0 Å². The predicted octanol–water partition coefficient (Wildman–Crippen LogP) is 5.47. The zero-order valence-corrected chi connectivity index (χ0v) is 18.3. The summed E-state index contributed by atoms with van der Waals surface area (Å²) < 4.78 is 0. The maximum Gasteiger partial charge on any atom is 0.323 e. The molecule has 4 rings (SSSR count). The summed E-state index contributed by atoms with van der Waals surface area (Å²) in [5.41, 5.74) is 2.16. The van der Waals surface area contributed by atoms with Gasteiger partial charge in [-0.25, -0.2) is 0 Å². The van der Waals surface area contributed by atoms with Gasteiger partial charge in [0.1, 0.15) is 6.04 Å². The lowest BCUT2D eigenvalue weighted by atomic mass is 10.0. The van der Waals surface area contributed by atoms with Gasteiger partial charge in [-0.2, -0.15) is 0 Å². The molecule has 1 unspecified atom stereocenters. The highest BCUT2D eigenvalue weighted by Crippen LogP contribution is 2.21. The summed E-state index contributed by atoms with van der Waals surface area (Å²) in [7, 11) is 0. The second kappa shape index (κ2) is 10.7. The summed E-state index contributed by atoms with van der Waals surface area (Å²) in [6, 6.07) is 27.6. The van der Waals surface area contributed by atoms with Gasteiger partial charge in [0, 0.05) is 13.1 Å². The maximum atomic E-state index is 11.7. The first-order valence-corrected chi connectivity index (χ1v) is 11.0. The predicted molar refractivity (Wildman–Crippen MR) is 136 cm³/mol. The molecular weight excluding hydrogens is 410 g/mol. The Morgan fingerprint density at radius 2 is 1.18 bits per heavy atom. The van der Waals surface area contributed by atoms with Gasteiger partial charge < -0.3 is 10.2 Å². The summed E-state index contributed by atoms with van der Waals surface area (Å²) in [5, 5.41) is 23.9. The molecule has 0 fully saturated rings. The largest absolute Gasteiger partial charge is 0.480 e. The van der Waals surface area contributed by atoms with Gasteiger partial charge in [-0.05, 0) is 32.7 Å². The molecule has 0 aliphatic heterocycles. The normalized spacial score (nSPS) is 12.9. The molecule has 0 spiro atoms. The minimum Gasteiger partial charge on any atom is -0.480 e. The number of aliphatic carboxylic acids is 1. The van der Waals surface area contributed by atoms with Gasteiger partial charge in [-0.1, -0.05) is 109 Å². The Kier molecular flexibility index (Phi) is 7.30. The first-order valence-electron chi connectivity index (χ1n) is 11.0. The third-order valence-corrected chi connectivity index (χ3v) is 5.82. The Labute approximate surface area is 193 Å². The molecule has 0 amide bonds. The number of aliphatic hydroxyl groups is 1. The van der Waals surface area contributed by atoms with Crippen LogP contribution in [0, 0.1) is 0 Å². The third kappa shape index (κ3) is 5.37. The van der Waals surface area contributed by atoms with E-state index in [0.29, 0.717) is 13.1 Å². The number of benzene rings is 4. The summed E-state index contributed by atoms with van der Waals surface area (Å²) in [6.45, 7) is 0.362. The number of hydrogen-bond donors (Lipinski definition) is 2. The van der Waals surface area contributed by atoms with E-state index in [9.17, 15) is 15.0 Å². The lowest BCUT2D eigenvalue weighted by molar-refractivity contribution is -0.144. The third-order valence-electron chi connectivity index (χ3n) is 5.82. The van der Waals surface area contributed by atoms with Crippen molar-refractivity contribution >= 4 is 39.7 Å². The molecule has 0 bridgehead atoms. The number of carbonyl (C=O) groups is 1. The van der Waals surface area contributed by atoms with Crippen LogP contribution in [-0.2, 0) is 4.79 Å². The lowest BCUT2D eigenvalue weighted by Crippen LogP contribution is -2.44. The minimum absolute atomic E-state index is 0.403. The number of fused-ring (bicyclic) bond motifs is 2. The fraction of sp³-hybridized carbons (Fsp3) is 0.138. The van der Waals surface area contributed by atoms with Gasteiger partial charge in [0.15, 0.2) is 0 Å². The van der Waals surface area contributed by atoms with Crippen molar-refractivity contribution < 1.29 is 15.0 Å². The average molecular weight is 438 g/mol. The average Bonchev–Trinajstić information content (AvgIpc) is 2.84. The standard InChI is InChI=1S/C29H27NO3/c31-21-28(29(32)33)30(19-7-15-24-13-5-11-22-9-1-3-17-26(22)24)20-8-16-25-14-6-12-23-10-2-4-18-27(23)25/h1-18,28,31H,19-21H2,(H,32,33)/b15-7+,16-8+. The van der Waals surface area contributed by atoms with Crippen LogP contribution in [0.15, 0.2) is 97.1 Å². The van der Waals surface area contributed by atoms with Gasteiger partial charge in [0.05, 0.1) is 6.61 Å². The van der Waals surface area contributed by atoms with Gasteiger partial charge in [-0.15, -0.1) is 0 Å². The molecule has 4 heteroatoms. The molecule has 0 radical (unpaired) electrons. The summed E-state index contributed by atoms with van der Waals surface area (Å²) in [4.78, 5) is 13.5. The van der Waals surface area contributed by atoms with E-state index >= 15 is 0 Å². The fourth-order valence-corrected chi connectivity index (χ4v) is 4.10. The van der Waals surface area contributed by atoms with Crippen LogP contribution in [0.2, 0.25) is 0 Å². The highest BCUT2D eigenvalue weighted by molar-refractivity contribution is 5.91. The summed E-state index contributed by atoms with van der Waals surface area (Å²) in [5.74, 6) is -1.03. The zero-order chi connectivity index (χ0) is 23.0. The minimum atomic E-state index is -1.03. The van der Waals surface area contributed by atoms with Gasteiger partial charge in [-0.3, -0.25) is 9.69 Å². The highest BCUT2D eigenvalue weighted by Gasteiger charge is 2.23. The topological polar surface area (TPSA) is 60.8 Å². The Morgan fingerprint density at radius 3 is 1.64 bits per heavy atom. The van der Waals surface area contributed by atoms with Crippen molar-refractivity contribution in [2.24, 2.45) is 0 Å². The summed E-state index contributed by atoms with van der Waals surface area (Å²) in [6.07, 6.45) is 7.94. The first-order chi connectivity index (χ1) is 16.2. The molecule has 0 aliphatic rings. The van der Waals surface area contributed by atoms with E-state index in [0.717, 1.165) is 32.7 Å². The smallest absolute Gasteiger partial charge is 0.323 e. The quantitative estimate of drug-likeness (QED) is 0.365. The Bertz CT molecular complexity index is 1210. The molecule has 0 saturated heterocycles. The molecule has 4 aromatic rings. The van der Waals surface area contributed by atoms with Crippen LogP contribution in [0.25, 0.3) is 33.7 Å². The van der Waals surface area contributed by atoms with Gasteiger partial charge in [0.25, 0.3) is 0 Å². The van der Waals surface area contributed by atoms with Crippen molar-refractivity contribution in [1.82, 2.24) is 4.90 Å². The van der Waals surface area contributed by atoms with E-state index in [4.69, 9.17) is 0 Å². The van der Waals surface area contributed by atoms with E-state index in [1.807, 2.05) is 72.8 Å². The Balaban J connectivity index is 1.53. The van der Waals surface area contributed by atoms with Crippen LogP contribution in [0.4, 0.5) is 0 Å². The first kappa shape index (κ1) is 22.5. The second-order valence-corrected chi connectivity index (χ2v) is 7.93. The number of carboxylic acid groups (broad SMARTS) is 1. The SMILES string of the molecule is O=C(O)C(CO)N(C/C=C/c1cccc2ccccc12)C/C=C/c1cccc2ccccc12. The van der Waals surface area contributed by atoms with Crippen molar-refractivity contribution in [2.75, 3.05) is 19.7 Å². The van der Waals surface area contributed by atoms with Crippen LogP contribution in [0.5, 0.6) is 0 Å². The number of carboxylic acids is 1. The van der Waals surface area contributed by atoms with Crippen molar-refractivity contribution in [2.45, 2.75) is 6.04 Å². The second-order valence-electron chi connectivity index (χ2n) is 7.93. The van der Waals surface area contributed by atoms with Crippen molar-refractivity contribution in [3.63, 3.8) is 0 Å². The Morgan fingerprint density at radius 1 is 0.727 bits per heavy atom. The molecule has 4 aromatic carbocycles. The van der Waals surface area contributed by atoms with E-state index in [1.165, 1.54) is 0 Å². The summed E-state index contributed by atoms with van der Waals surface area (Å²) >= 11 is 0. The van der Waals surface area contributed by atoms with E-state index in [2.05, 4.69) is 36.4 Å². The maximum absolute atomic E-state index is 11.7. The molecule has 1 atom stereocenters. The molecule has 2 N–H and O–H groups in total. The van der Waals surface area contributed by atoms with E-state index < -0.39 is 18.6 Å². The van der Waals surface area contributed by atoms with Crippen LogP contribution in [0.1, 0.15) is 11.1 Å². The van der Waals surface area contributed by atoms with Crippen LogP contribution < -0.4 is 0 Å². The Hall–Kier alpha value is -3.73. The number of nitrogens with zero attached hydrogens (tertiary/aromatic N) is 1. The van der Waals surface area contributed by atoms with Crippen LogP contribution in [0.3, 0.4) is 0 Å².